The van der Waals surface area contributed by atoms with Crippen molar-refractivity contribution in [3.63, 3.8) is 0 Å². The second kappa shape index (κ2) is 3.62. The van der Waals surface area contributed by atoms with E-state index in [0.717, 1.165) is 3.57 Å². The zero-order chi connectivity index (χ0) is 11.2. The van der Waals surface area contributed by atoms with Crippen LogP contribution >= 0.6 is 38.5 Å². The lowest BCUT2D eigenvalue weighted by molar-refractivity contribution is -0.156. The van der Waals surface area contributed by atoms with Gasteiger partial charge in [0.25, 0.3) is 0 Å². The third kappa shape index (κ3) is 2.12. The number of oxazole rings is 1. The van der Waals surface area contributed by atoms with Crippen LogP contribution in [0.1, 0.15) is 5.89 Å². The molecule has 2 rings (SSSR count). The zero-order valence-corrected chi connectivity index (χ0v) is 10.6. The van der Waals surface area contributed by atoms with E-state index in [1.807, 2.05) is 22.6 Å². The molecule has 0 aliphatic rings. The van der Waals surface area contributed by atoms with Gasteiger partial charge in [0.1, 0.15) is 5.52 Å². The lowest BCUT2D eigenvalue weighted by Crippen LogP contribution is -2.04. The smallest absolute Gasteiger partial charge is 0.432 e. The van der Waals surface area contributed by atoms with E-state index < -0.39 is 12.1 Å². The maximum absolute atomic E-state index is 12.3. The van der Waals surface area contributed by atoms with Gasteiger partial charge in [-0.05, 0) is 50.7 Å². The second-order valence-corrected chi connectivity index (χ2v) is 4.85. The summed E-state index contributed by atoms with van der Waals surface area (Å²) in [5, 5.41) is 0. The highest BCUT2D eigenvalue weighted by Gasteiger charge is 2.37. The number of benzene rings is 1. The van der Waals surface area contributed by atoms with Crippen LogP contribution < -0.4 is 0 Å². The van der Waals surface area contributed by atoms with Gasteiger partial charge < -0.3 is 4.42 Å². The summed E-state index contributed by atoms with van der Waals surface area (Å²) in [6.07, 6.45) is -4.55. The van der Waals surface area contributed by atoms with Crippen LogP contribution in [0.15, 0.2) is 21.0 Å². The van der Waals surface area contributed by atoms with Gasteiger partial charge in [0.2, 0.25) is 0 Å². The molecule has 0 unspecified atom stereocenters. The maximum atomic E-state index is 12.3. The molecule has 0 N–H and O–H groups in total. The predicted octanol–water partition coefficient (Wildman–Crippen LogP) is 4.21. The SMILES string of the molecule is FC(F)(F)c1nc2cc(I)cc(Br)c2o1. The van der Waals surface area contributed by atoms with Crippen LogP contribution in [0.25, 0.3) is 11.1 Å². The first-order valence-electron chi connectivity index (χ1n) is 3.71. The summed E-state index contributed by atoms with van der Waals surface area (Å²) < 4.78 is 42.7. The Morgan fingerprint density at radius 1 is 1.33 bits per heavy atom. The molecule has 0 saturated heterocycles. The molecule has 2 nitrogen and oxygen atoms in total. The summed E-state index contributed by atoms with van der Waals surface area (Å²) in [4.78, 5) is 3.38. The van der Waals surface area contributed by atoms with Crippen LogP contribution in [0.5, 0.6) is 0 Å². The number of alkyl halides is 3. The minimum atomic E-state index is -4.55. The van der Waals surface area contributed by atoms with E-state index in [-0.39, 0.29) is 11.1 Å². The fourth-order valence-corrected chi connectivity index (χ4v) is 2.65. The standard InChI is InChI=1S/C8H2BrF3INO/c9-4-1-3(13)2-5-6(4)15-7(14-5)8(10,11)12/h1-2H. The van der Waals surface area contributed by atoms with Crippen LogP contribution in [0.3, 0.4) is 0 Å². The number of rotatable bonds is 0. The molecule has 0 spiro atoms. The largest absolute Gasteiger partial charge is 0.468 e. The molecule has 2 aromatic rings. The highest BCUT2D eigenvalue weighted by molar-refractivity contribution is 14.1. The van der Waals surface area contributed by atoms with E-state index >= 15 is 0 Å². The van der Waals surface area contributed by atoms with E-state index in [9.17, 15) is 13.2 Å². The molecule has 0 aliphatic heterocycles. The average Bonchev–Trinajstić information content (AvgIpc) is 2.46. The predicted molar refractivity (Wildman–Crippen MR) is 59.4 cm³/mol. The minimum Gasteiger partial charge on any atom is -0.432 e. The highest BCUT2D eigenvalue weighted by Crippen LogP contribution is 2.34. The lowest BCUT2D eigenvalue weighted by atomic mass is 10.3. The van der Waals surface area contributed by atoms with E-state index in [4.69, 9.17) is 0 Å². The number of halogens is 5. The van der Waals surface area contributed by atoms with Crippen molar-refractivity contribution in [3.8, 4) is 0 Å². The molecule has 0 radical (unpaired) electrons. The fraction of sp³-hybridized carbons (Fsp3) is 0.125. The van der Waals surface area contributed by atoms with Gasteiger partial charge >= 0.3 is 12.1 Å². The Hall–Kier alpha value is -0.310. The molecule has 0 aliphatic carbocycles. The van der Waals surface area contributed by atoms with Crippen LogP contribution in [-0.4, -0.2) is 4.98 Å². The molecular weight excluding hydrogens is 390 g/mol. The number of nitrogens with zero attached hydrogens (tertiary/aromatic N) is 1. The number of fused-ring (bicyclic) bond motifs is 1. The topological polar surface area (TPSA) is 26.0 Å². The van der Waals surface area contributed by atoms with Crippen molar-refractivity contribution in [2.24, 2.45) is 0 Å². The molecule has 1 heterocycles. The van der Waals surface area contributed by atoms with E-state index in [1.54, 1.807) is 6.07 Å². The Morgan fingerprint density at radius 2 is 2.00 bits per heavy atom. The Bertz CT molecular complexity index is 522. The van der Waals surface area contributed by atoms with E-state index in [1.165, 1.54) is 6.07 Å². The summed E-state index contributed by atoms with van der Waals surface area (Å²) >= 11 is 5.11. The Labute approximate surface area is 104 Å². The van der Waals surface area contributed by atoms with Gasteiger partial charge in [0, 0.05) is 3.57 Å². The first-order valence-corrected chi connectivity index (χ1v) is 5.58. The molecule has 7 heteroatoms. The highest BCUT2D eigenvalue weighted by atomic mass is 127. The Morgan fingerprint density at radius 3 is 2.60 bits per heavy atom. The molecule has 0 fully saturated rings. The Balaban J connectivity index is 2.71. The molecule has 1 aromatic heterocycles. The van der Waals surface area contributed by atoms with Crippen molar-refractivity contribution in [2.45, 2.75) is 6.18 Å². The van der Waals surface area contributed by atoms with Crippen molar-refractivity contribution in [2.75, 3.05) is 0 Å². The third-order valence-electron chi connectivity index (χ3n) is 1.65. The van der Waals surface area contributed by atoms with Gasteiger partial charge in [0.05, 0.1) is 4.47 Å². The van der Waals surface area contributed by atoms with Crippen LogP contribution in [0, 0.1) is 3.57 Å². The summed E-state index contributed by atoms with van der Waals surface area (Å²) in [6.45, 7) is 0. The molecule has 0 saturated carbocycles. The van der Waals surface area contributed by atoms with Crippen molar-refractivity contribution in [3.05, 3.63) is 26.1 Å². The van der Waals surface area contributed by atoms with Crippen molar-refractivity contribution in [1.82, 2.24) is 4.98 Å². The van der Waals surface area contributed by atoms with Crippen LogP contribution in [0.4, 0.5) is 13.2 Å². The van der Waals surface area contributed by atoms with Gasteiger partial charge in [-0.25, -0.2) is 4.98 Å². The molecular formula is C8H2BrF3INO. The van der Waals surface area contributed by atoms with Gasteiger partial charge in [-0.1, -0.05) is 0 Å². The average molecular weight is 392 g/mol. The fourth-order valence-electron chi connectivity index (χ4n) is 1.08. The van der Waals surface area contributed by atoms with Crippen molar-refractivity contribution < 1.29 is 17.6 Å². The normalized spacial score (nSPS) is 12.3. The summed E-state index contributed by atoms with van der Waals surface area (Å²) in [5.74, 6) is -1.22. The summed E-state index contributed by atoms with van der Waals surface area (Å²) in [7, 11) is 0. The number of hydrogen-bond donors (Lipinski definition) is 0. The van der Waals surface area contributed by atoms with Gasteiger partial charge in [-0.2, -0.15) is 13.2 Å². The molecule has 80 valence electrons. The summed E-state index contributed by atoms with van der Waals surface area (Å²) in [6, 6.07) is 3.19. The third-order valence-corrected chi connectivity index (χ3v) is 2.86. The zero-order valence-electron chi connectivity index (χ0n) is 6.90. The van der Waals surface area contributed by atoms with Crippen molar-refractivity contribution >= 4 is 49.6 Å². The molecule has 0 bridgehead atoms. The quantitative estimate of drug-likeness (QED) is 0.628. The lowest BCUT2D eigenvalue weighted by Gasteiger charge is -1.97. The summed E-state index contributed by atoms with van der Waals surface area (Å²) in [5.41, 5.74) is 0.309. The molecule has 1 aromatic carbocycles. The van der Waals surface area contributed by atoms with Gasteiger partial charge in [-0.3, -0.25) is 0 Å². The monoisotopic (exact) mass is 391 g/mol. The molecule has 0 amide bonds. The Kier molecular flexibility index (Phi) is 2.70. The molecule has 0 atom stereocenters. The van der Waals surface area contributed by atoms with Gasteiger partial charge in [-0.15, -0.1) is 0 Å². The van der Waals surface area contributed by atoms with Crippen LogP contribution in [-0.2, 0) is 6.18 Å². The first-order chi connectivity index (χ1) is 6.88. The second-order valence-electron chi connectivity index (χ2n) is 2.75. The van der Waals surface area contributed by atoms with Gasteiger partial charge in [0.15, 0.2) is 5.58 Å². The number of hydrogen-bond acceptors (Lipinski definition) is 2. The number of aromatic nitrogens is 1. The first kappa shape index (κ1) is 11.2. The maximum Gasteiger partial charge on any atom is 0.468 e. The van der Waals surface area contributed by atoms with Crippen LogP contribution in [0.2, 0.25) is 0 Å². The van der Waals surface area contributed by atoms with Crippen molar-refractivity contribution in [1.29, 1.82) is 0 Å². The molecule has 15 heavy (non-hydrogen) atoms. The minimum absolute atomic E-state index is 0.114. The van der Waals surface area contributed by atoms with E-state index in [2.05, 4.69) is 25.3 Å². The van der Waals surface area contributed by atoms with E-state index in [0.29, 0.717) is 4.47 Å².